The topological polar surface area (TPSA) is 32.3 Å². The summed E-state index contributed by atoms with van der Waals surface area (Å²) >= 11 is 0. The number of aliphatic hydroxyl groups is 1. The number of fused-ring (bicyclic) bond motifs is 1. The largest absolute Gasteiger partial charge is 0.417 e. The van der Waals surface area contributed by atoms with Crippen LogP contribution in [0.4, 0.5) is 18.9 Å². The van der Waals surface area contributed by atoms with Gasteiger partial charge < -0.3 is 10.4 Å². The predicted octanol–water partition coefficient (Wildman–Crippen LogP) is 2.94. The fourth-order valence-electron chi connectivity index (χ4n) is 1.78. The second-order valence-corrected chi connectivity index (χ2v) is 3.92. The number of nitrogens with one attached hydrogen (secondary N) is 1. The van der Waals surface area contributed by atoms with Gasteiger partial charge in [0.25, 0.3) is 0 Å². The van der Waals surface area contributed by atoms with E-state index in [1.165, 1.54) is 0 Å². The van der Waals surface area contributed by atoms with Gasteiger partial charge in [-0.2, -0.15) is 13.2 Å². The van der Waals surface area contributed by atoms with Gasteiger partial charge in [-0.15, -0.1) is 0 Å². The molecule has 92 valence electrons. The molecule has 0 aromatic heterocycles. The first-order valence-electron chi connectivity index (χ1n) is 5.28. The van der Waals surface area contributed by atoms with E-state index in [-0.39, 0.29) is 0 Å². The molecule has 0 aliphatic carbocycles. The van der Waals surface area contributed by atoms with Crippen molar-refractivity contribution < 1.29 is 18.3 Å². The van der Waals surface area contributed by atoms with Crippen molar-refractivity contribution in [3.63, 3.8) is 0 Å². The molecule has 5 heteroatoms. The molecule has 2 rings (SSSR count). The van der Waals surface area contributed by atoms with Crippen molar-refractivity contribution in [3.05, 3.63) is 34.9 Å². The van der Waals surface area contributed by atoms with Gasteiger partial charge in [0.2, 0.25) is 0 Å². The second kappa shape index (κ2) is 4.07. The van der Waals surface area contributed by atoms with E-state index in [1.54, 1.807) is 18.2 Å². The zero-order chi connectivity index (χ0) is 12.6. The minimum absolute atomic E-state index is 0.444. The molecule has 17 heavy (non-hydrogen) atoms. The van der Waals surface area contributed by atoms with E-state index in [1.807, 2.05) is 6.92 Å². The summed E-state index contributed by atoms with van der Waals surface area (Å²) in [5, 5.41) is 11.9. The van der Waals surface area contributed by atoms with Crippen molar-refractivity contribution in [2.45, 2.75) is 25.7 Å². The number of rotatable bonds is 1. The summed E-state index contributed by atoms with van der Waals surface area (Å²) in [4.78, 5) is 0. The number of hydrogen-bond donors (Lipinski definition) is 2. The van der Waals surface area contributed by atoms with Crippen LogP contribution in [0, 0.1) is 0 Å². The molecule has 0 amide bonds. The van der Waals surface area contributed by atoms with Crippen LogP contribution in [0.3, 0.4) is 0 Å². The molecule has 1 atom stereocenters. The van der Waals surface area contributed by atoms with Gasteiger partial charge in [-0.1, -0.05) is 19.1 Å². The van der Waals surface area contributed by atoms with Gasteiger partial charge in [-0.25, -0.2) is 0 Å². The molecule has 1 aliphatic rings. The number of anilines is 1. The Balaban J connectivity index is 2.45. The van der Waals surface area contributed by atoms with Gasteiger partial charge in [0.1, 0.15) is 0 Å². The summed E-state index contributed by atoms with van der Waals surface area (Å²) in [5.41, 5.74) is 1.02. The maximum atomic E-state index is 12.6. The van der Waals surface area contributed by atoms with E-state index in [2.05, 4.69) is 5.32 Å². The van der Waals surface area contributed by atoms with Gasteiger partial charge in [-0.05, 0) is 29.7 Å². The Hall–Kier alpha value is -1.49. The van der Waals surface area contributed by atoms with Crippen molar-refractivity contribution in [2.75, 3.05) is 5.32 Å². The number of benzene rings is 1. The molecule has 1 unspecified atom stereocenters. The van der Waals surface area contributed by atoms with Crippen LogP contribution in [0.25, 0.3) is 6.08 Å². The minimum atomic E-state index is -4.52. The summed E-state index contributed by atoms with van der Waals surface area (Å²) in [5.74, 6) is 0. The monoisotopic (exact) mass is 243 g/mol. The third-order valence-corrected chi connectivity index (χ3v) is 2.75. The lowest BCUT2D eigenvalue weighted by molar-refractivity contribution is -0.102. The number of aryl methyl sites for hydroxylation is 1. The van der Waals surface area contributed by atoms with E-state index in [0.29, 0.717) is 11.3 Å². The second-order valence-electron chi connectivity index (χ2n) is 3.92. The minimum Gasteiger partial charge on any atom is -0.369 e. The summed E-state index contributed by atoms with van der Waals surface area (Å²) in [6.45, 7) is 1.96. The van der Waals surface area contributed by atoms with Crippen LogP contribution >= 0.6 is 0 Å². The number of aliphatic hydroxyl groups excluding tert-OH is 1. The van der Waals surface area contributed by atoms with E-state index in [0.717, 1.165) is 18.1 Å². The van der Waals surface area contributed by atoms with Crippen LogP contribution in [-0.4, -0.2) is 17.5 Å². The smallest absolute Gasteiger partial charge is 0.369 e. The molecule has 1 aliphatic heterocycles. The van der Waals surface area contributed by atoms with E-state index in [4.69, 9.17) is 0 Å². The lowest BCUT2D eigenvalue weighted by atomic mass is 10.00. The molecule has 1 aromatic carbocycles. The SMILES string of the molecule is CCc1ccc2c(c1)NC(O)C(C(F)(F)F)=C2. The van der Waals surface area contributed by atoms with Crippen LogP contribution in [-0.2, 0) is 6.42 Å². The van der Waals surface area contributed by atoms with Crippen LogP contribution in [0.1, 0.15) is 18.1 Å². The Bertz CT molecular complexity index is 465. The van der Waals surface area contributed by atoms with Crippen LogP contribution in [0.15, 0.2) is 23.8 Å². The molecule has 0 bridgehead atoms. The van der Waals surface area contributed by atoms with Gasteiger partial charge in [-0.3, -0.25) is 0 Å². The lowest BCUT2D eigenvalue weighted by Crippen LogP contribution is -2.32. The third kappa shape index (κ3) is 2.29. The summed E-state index contributed by atoms with van der Waals surface area (Å²) in [6, 6.07) is 5.16. The van der Waals surface area contributed by atoms with Gasteiger partial charge in [0.15, 0.2) is 6.23 Å². The average Bonchev–Trinajstić information content (AvgIpc) is 2.25. The normalized spacial score (nSPS) is 19.4. The zero-order valence-corrected chi connectivity index (χ0v) is 9.17. The first-order chi connectivity index (χ1) is 7.91. The Morgan fingerprint density at radius 1 is 1.35 bits per heavy atom. The fourth-order valence-corrected chi connectivity index (χ4v) is 1.78. The fraction of sp³-hybridized carbons (Fsp3) is 0.333. The third-order valence-electron chi connectivity index (χ3n) is 2.75. The summed E-state index contributed by atoms with van der Waals surface area (Å²) in [7, 11) is 0. The molecule has 0 saturated carbocycles. The molecule has 0 radical (unpaired) electrons. The van der Waals surface area contributed by atoms with Crippen molar-refractivity contribution >= 4 is 11.8 Å². The van der Waals surface area contributed by atoms with Gasteiger partial charge in [0.05, 0.1) is 5.57 Å². The summed E-state index contributed by atoms with van der Waals surface area (Å²) < 4.78 is 37.7. The molecule has 0 fully saturated rings. The van der Waals surface area contributed by atoms with Crippen LogP contribution in [0.5, 0.6) is 0 Å². The standard InChI is InChI=1S/C12H12F3NO/c1-2-7-3-4-8-6-9(12(13,14)15)11(17)16-10(8)5-7/h3-6,11,16-17H,2H2,1H3. The zero-order valence-electron chi connectivity index (χ0n) is 9.17. The van der Waals surface area contributed by atoms with E-state index in [9.17, 15) is 18.3 Å². The highest BCUT2D eigenvalue weighted by molar-refractivity contribution is 5.74. The highest BCUT2D eigenvalue weighted by atomic mass is 19.4. The highest BCUT2D eigenvalue weighted by Crippen LogP contribution is 2.36. The number of alkyl halides is 3. The maximum Gasteiger partial charge on any atom is 0.417 e. The Morgan fingerprint density at radius 2 is 2.06 bits per heavy atom. The lowest BCUT2D eigenvalue weighted by Gasteiger charge is -2.26. The Labute approximate surface area is 96.8 Å². The molecule has 2 N–H and O–H groups in total. The van der Waals surface area contributed by atoms with Crippen LogP contribution < -0.4 is 5.32 Å². The maximum absolute atomic E-state index is 12.6. The Kier molecular flexibility index (Phi) is 2.87. The van der Waals surface area contributed by atoms with Crippen LogP contribution in [0.2, 0.25) is 0 Å². The number of halogens is 3. The molecule has 1 aromatic rings. The molecular weight excluding hydrogens is 231 g/mol. The average molecular weight is 243 g/mol. The quantitative estimate of drug-likeness (QED) is 0.794. The first kappa shape index (κ1) is 12.0. The van der Waals surface area contributed by atoms with Crippen molar-refractivity contribution in [1.82, 2.24) is 0 Å². The van der Waals surface area contributed by atoms with E-state index >= 15 is 0 Å². The van der Waals surface area contributed by atoms with Gasteiger partial charge >= 0.3 is 6.18 Å². The molecular formula is C12H12F3NO. The molecule has 1 heterocycles. The predicted molar refractivity (Wildman–Crippen MR) is 59.5 cm³/mol. The molecule has 0 spiro atoms. The first-order valence-corrected chi connectivity index (χ1v) is 5.28. The molecule has 0 saturated heterocycles. The van der Waals surface area contributed by atoms with Crippen molar-refractivity contribution in [3.8, 4) is 0 Å². The van der Waals surface area contributed by atoms with E-state index < -0.39 is 18.0 Å². The van der Waals surface area contributed by atoms with Crippen molar-refractivity contribution in [1.29, 1.82) is 0 Å². The highest BCUT2D eigenvalue weighted by Gasteiger charge is 2.40. The van der Waals surface area contributed by atoms with Crippen molar-refractivity contribution in [2.24, 2.45) is 0 Å². The Morgan fingerprint density at radius 3 is 2.65 bits per heavy atom. The van der Waals surface area contributed by atoms with Gasteiger partial charge in [0, 0.05) is 5.69 Å². The summed E-state index contributed by atoms with van der Waals surface area (Å²) in [6.07, 6.45) is -4.45. The number of hydrogen-bond acceptors (Lipinski definition) is 2. The molecule has 2 nitrogen and oxygen atoms in total.